The molecule has 1 aliphatic heterocycles. The summed E-state index contributed by atoms with van der Waals surface area (Å²) in [5, 5.41) is 0. The molecule has 0 aromatic rings. The van der Waals surface area contributed by atoms with Crippen LogP contribution in [0.15, 0.2) is 0 Å². The van der Waals surface area contributed by atoms with E-state index in [1.807, 2.05) is 0 Å². The Balaban J connectivity index is 0.000000490. The standard InChI is InChI=1S/C6H13Te.HI/c1-2-7-5-3-4-6-7;/h2-6H2,1H3;1H/q+1;/p-1. The number of hydrogen-bond donors (Lipinski definition) is 0. The van der Waals surface area contributed by atoms with E-state index in [0.29, 0.717) is 0 Å². The van der Waals surface area contributed by atoms with Crippen molar-refractivity contribution in [3.63, 3.8) is 0 Å². The molecular weight excluding hydrogens is 327 g/mol. The molecule has 0 aromatic carbocycles. The summed E-state index contributed by atoms with van der Waals surface area (Å²) < 4.78 is 4.95. The van der Waals surface area contributed by atoms with Crippen LogP contribution in [0.25, 0.3) is 0 Å². The quantitative estimate of drug-likeness (QED) is 0.438. The molecular formula is C6H13ITe. The van der Waals surface area contributed by atoms with Crippen molar-refractivity contribution < 1.29 is 24.0 Å². The summed E-state index contributed by atoms with van der Waals surface area (Å²) in [7, 11) is 0. The number of halogens is 1. The van der Waals surface area contributed by atoms with Crippen LogP contribution in [0.5, 0.6) is 0 Å². The number of rotatable bonds is 1. The Kier molecular flexibility index (Phi) is 6.33. The maximum atomic E-state index is 2.38. The molecule has 0 radical (unpaired) electrons. The van der Waals surface area contributed by atoms with E-state index in [9.17, 15) is 0 Å². The molecule has 0 aliphatic carbocycles. The zero-order valence-electron chi connectivity index (χ0n) is 5.32. The minimum atomic E-state index is -0.319. The van der Waals surface area contributed by atoms with E-state index in [0.717, 1.165) is 0 Å². The molecule has 0 saturated carbocycles. The summed E-state index contributed by atoms with van der Waals surface area (Å²) in [6.45, 7) is 2.38. The summed E-state index contributed by atoms with van der Waals surface area (Å²) in [5.74, 6) is 0. The van der Waals surface area contributed by atoms with Crippen molar-refractivity contribution >= 4 is 19.6 Å². The van der Waals surface area contributed by atoms with Crippen LogP contribution in [0.4, 0.5) is 0 Å². The Morgan fingerprint density at radius 1 is 1.25 bits per heavy atom. The van der Waals surface area contributed by atoms with Crippen molar-refractivity contribution in [2.75, 3.05) is 0 Å². The van der Waals surface area contributed by atoms with E-state index in [-0.39, 0.29) is 43.5 Å². The molecule has 0 nitrogen and oxygen atoms in total. The Bertz CT molecular complexity index is 50.5. The van der Waals surface area contributed by atoms with Crippen LogP contribution in [0, 0.1) is 0 Å². The van der Waals surface area contributed by atoms with Gasteiger partial charge in [-0.1, -0.05) is 0 Å². The first-order valence-corrected chi connectivity index (χ1v) is 8.02. The van der Waals surface area contributed by atoms with Gasteiger partial charge in [0.2, 0.25) is 0 Å². The molecule has 0 aromatic heterocycles. The largest absolute Gasteiger partial charge is 1.00 e. The van der Waals surface area contributed by atoms with Crippen LogP contribution in [0.2, 0.25) is 13.4 Å². The van der Waals surface area contributed by atoms with E-state index in [1.54, 1.807) is 26.2 Å². The first-order valence-electron chi connectivity index (χ1n) is 3.07. The third kappa shape index (κ3) is 2.89. The van der Waals surface area contributed by atoms with Crippen molar-refractivity contribution in [2.45, 2.75) is 33.2 Å². The van der Waals surface area contributed by atoms with Gasteiger partial charge in [0.25, 0.3) is 0 Å². The van der Waals surface area contributed by atoms with Crippen LogP contribution in [-0.4, -0.2) is 19.6 Å². The SMILES string of the molecule is CC[Te+]1CCCC1.[I-]. The second-order valence-electron chi connectivity index (χ2n) is 2.02. The molecule has 1 fully saturated rings. The second-order valence-corrected chi connectivity index (χ2v) is 9.49. The average molecular weight is 340 g/mol. The van der Waals surface area contributed by atoms with Crippen LogP contribution in [0.3, 0.4) is 0 Å². The van der Waals surface area contributed by atoms with Crippen LogP contribution >= 0.6 is 0 Å². The van der Waals surface area contributed by atoms with Crippen LogP contribution < -0.4 is 24.0 Å². The molecule has 0 atom stereocenters. The number of hydrogen-bond acceptors (Lipinski definition) is 0. The fourth-order valence-corrected chi connectivity index (χ4v) is 6.73. The van der Waals surface area contributed by atoms with Gasteiger partial charge in [0.1, 0.15) is 0 Å². The Morgan fingerprint density at radius 3 is 2.00 bits per heavy atom. The Hall–Kier alpha value is 1.52. The van der Waals surface area contributed by atoms with Crippen molar-refractivity contribution in [2.24, 2.45) is 0 Å². The molecule has 1 saturated heterocycles. The molecule has 0 spiro atoms. The van der Waals surface area contributed by atoms with E-state index in [1.165, 1.54) is 0 Å². The predicted octanol–water partition coefficient (Wildman–Crippen LogP) is -0.701. The van der Waals surface area contributed by atoms with Crippen LogP contribution in [-0.2, 0) is 0 Å². The summed E-state index contributed by atoms with van der Waals surface area (Å²) in [4.78, 5) is 0. The second kappa shape index (κ2) is 5.32. The summed E-state index contributed by atoms with van der Waals surface area (Å²) in [5.41, 5.74) is 0. The molecule has 50 valence electrons. The monoisotopic (exact) mass is 342 g/mol. The topological polar surface area (TPSA) is 0 Å². The van der Waals surface area contributed by atoms with Gasteiger partial charge < -0.3 is 24.0 Å². The average Bonchev–Trinajstić information content (AvgIpc) is 2.14. The van der Waals surface area contributed by atoms with Gasteiger partial charge in [0.05, 0.1) is 0 Å². The Morgan fingerprint density at radius 2 is 1.75 bits per heavy atom. The zero-order chi connectivity index (χ0) is 5.11. The van der Waals surface area contributed by atoms with E-state index >= 15 is 0 Å². The molecule has 1 heterocycles. The van der Waals surface area contributed by atoms with E-state index in [4.69, 9.17) is 0 Å². The third-order valence-corrected chi connectivity index (χ3v) is 8.80. The first-order chi connectivity index (χ1) is 3.43. The molecule has 0 amide bonds. The van der Waals surface area contributed by atoms with Gasteiger partial charge in [0.15, 0.2) is 0 Å². The maximum absolute atomic E-state index is 2.38. The van der Waals surface area contributed by atoms with Gasteiger partial charge in [-0.2, -0.15) is 0 Å². The van der Waals surface area contributed by atoms with E-state index in [2.05, 4.69) is 6.92 Å². The summed E-state index contributed by atoms with van der Waals surface area (Å²) >= 11 is -0.319. The minimum Gasteiger partial charge on any atom is -1.00 e. The predicted molar refractivity (Wildman–Crippen MR) is 35.1 cm³/mol. The van der Waals surface area contributed by atoms with Crippen molar-refractivity contribution in [1.29, 1.82) is 0 Å². The van der Waals surface area contributed by atoms with Gasteiger partial charge in [0, 0.05) is 0 Å². The summed E-state index contributed by atoms with van der Waals surface area (Å²) in [6.07, 6.45) is 3.15. The fourth-order valence-electron chi connectivity index (χ4n) is 1.00. The van der Waals surface area contributed by atoms with Gasteiger partial charge in [-0.25, -0.2) is 0 Å². The third-order valence-electron chi connectivity index (χ3n) is 1.52. The molecule has 2 heteroatoms. The molecule has 0 N–H and O–H groups in total. The van der Waals surface area contributed by atoms with E-state index < -0.39 is 0 Å². The molecule has 8 heavy (non-hydrogen) atoms. The minimum absolute atomic E-state index is 0. The maximum Gasteiger partial charge on any atom is -1.00 e. The molecule has 0 bridgehead atoms. The van der Waals surface area contributed by atoms with Crippen LogP contribution in [0.1, 0.15) is 19.8 Å². The molecule has 1 aliphatic rings. The van der Waals surface area contributed by atoms with Gasteiger partial charge in [-0.15, -0.1) is 0 Å². The summed E-state index contributed by atoms with van der Waals surface area (Å²) in [6, 6.07) is 0. The smallest absolute Gasteiger partial charge is 1.00 e. The Labute approximate surface area is 76.1 Å². The molecule has 0 unspecified atom stereocenters. The normalized spacial score (nSPS) is 20.6. The fraction of sp³-hybridized carbons (Fsp3) is 1.00. The van der Waals surface area contributed by atoms with Crippen molar-refractivity contribution in [1.82, 2.24) is 0 Å². The van der Waals surface area contributed by atoms with Gasteiger partial charge in [-0.05, 0) is 0 Å². The zero-order valence-corrected chi connectivity index (χ0v) is 9.81. The van der Waals surface area contributed by atoms with Gasteiger partial charge >= 0.3 is 52.7 Å². The van der Waals surface area contributed by atoms with Crippen molar-refractivity contribution in [3.05, 3.63) is 0 Å². The van der Waals surface area contributed by atoms with Gasteiger partial charge in [-0.3, -0.25) is 0 Å². The first kappa shape index (κ1) is 9.52. The molecule has 1 rings (SSSR count). The van der Waals surface area contributed by atoms with Crippen molar-refractivity contribution in [3.8, 4) is 0 Å².